The van der Waals surface area contributed by atoms with E-state index in [9.17, 15) is 0 Å². The van der Waals surface area contributed by atoms with E-state index in [4.69, 9.17) is 0 Å². The average Bonchev–Trinajstić information content (AvgIpc) is 3.47. The summed E-state index contributed by atoms with van der Waals surface area (Å²) in [4.78, 5) is 0. The molecule has 3 aromatic rings. The van der Waals surface area contributed by atoms with Crippen LogP contribution in [0.4, 0.5) is 0 Å². The molecule has 0 aromatic heterocycles. The SMILES string of the molecule is C1=CC([SiH](C2C=Cc3ccccc32)C2C=Cc3ccccc32)c2ccccc21.[LiH]. The van der Waals surface area contributed by atoms with Gasteiger partial charge in [-0.15, -0.1) is 0 Å². The van der Waals surface area contributed by atoms with Crippen LogP contribution in [0, 0.1) is 0 Å². The first kappa shape index (κ1) is 18.7. The molecule has 3 unspecified atom stereocenters. The van der Waals surface area contributed by atoms with Gasteiger partial charge in [0.15, 0.2) is 0 Å². The van der Waals surface area contributed by atoms with Gasteiger partial charge in [0.25, 0.3) is 0 Å². The summed E-state index contributed by atoms with van der Waals surface area (Å²) in [5.41, 5.74) is 10.6. The molecule has 0 aliphatic heterocycles. The van der Waals surface area contributed by atoms with E-state index >= 15 is 0 Å². The first-order chi connectivity index (χ1) is 13.9. The number of benzene rings is 3. The fourth-order valence-corrected chi connectivity index (χ4v) is 10.1. The summed E-state index contributed by atoms with van der Waals surface area (Å²) >= 11 is 0. The standard InChI is InChI=1S/C27H22Si.Li.H/c1-4-10-22-19(7-1)13-16-25(22)28(26-17-14-20-8-2-5-11-23(20)26)27-18-15-21-9-3-6-12-24(21)27;;/h1-18,25-28H;;. The van der Waals surface area contributed by atoms with Gasteiger partial charge >= 0.3 is 18.9 Å². The Morgan fingerprint density at radius 3 is 1.10 bits per heavy atom. The fourth-order valence-electron chi connectivity index (χ4n) is 5.51. The third-order valence-electron chi connectivity index (χ3n) is 6.76. The summed E-state index contributed by atoms with van der Waals surface area (Å²) in [6, 6.07) is 27.0. The Hall–Kier alpha value is -2.31. The van der Waals surface area contributed by atoms with Gasteiger partial charge < -0.3 is 0 Å². The van der Waals surface area contributed by atoms with Crippen molar-refractivity contribution in [3.05, 3.63) is 124 Å². The van der Waals surface area contributed by atoms with E-state index in [0.29, 0.717) is 16.6 Å². The van der Waals surface area contributed by atoms with Gasteiger partial charge in [0.1, 0.15) is 0 Å². The summed E-state index contributed by atoms with van der Waals surface area (Å²) in [6.07, 6.45) is 14.6. The van der Waals surface area contributed by atoms with Gasteiger partial charge in [0.2, 0.25) is 0 Å². The van der Waals surface area contributed by atoms with Crippen LogP contribution < -0.4 is 0 Å². The molecule has 2 heteroatoms. The molecule has 136 valence electrons. The Kier molecular flexibility index (Phi) is 4.84. The van der Waals surface area contributed by atoms with Gasteiger partial charge in [-0.2, -0.15) is 0 Å². The van der Waals surface area contributed by atoms with Crippen LogP contribution in [-0.2, 0) is 0 Å². The summed E-state index contributed by atoms with van der Waals surface area (Å²) in [6.45, 7) is 0. The van der Waals surface area contributed by atoms with Gasteiger partial charge in [-0.3, -0.25) is 0 Å². The predicted octanol–water partition coefficient (Wildman–Crippen LogP) is 5.61. The molecule has 3 aromatic carbocycles. The van der Waals surface area contributed by atoms with Crippen LogP contribution in [0.5, 0.6) is 0 Å². The number of fused-ring (bicyclic) bond motifs is 3. The number of allylic oxidation sites excluding steroid dienone is 3. The molecule has 0 fully saturated rings. The molecular weight excluding hydrogens is 359 g/mol. The summed E-state index contributed by atoms with van der Waals surface area (Å²) in [5.74, 6) is 0. The first-order valence-corrected chi connectivity index (χ1v) is 12.2. The molecule has 3 atom stereocenters. The minimum atomic E-state index is -1.36. The van der Waals surface area contributed by atoms with Crippen molar-refractivity contribution < 1.29 is 0 Å². The van der Waals surface area contributed by atoms with Crippen molar-refractivity contribution in [3.8, 4) is 0 Å². The van der Waals surface area contributed by atoms with Crippen molar-refractivity contribution in [1.82, 2.24) is 0 Å². The molecule has 0 amide bonds. The second-order valence-electron chi connectivity index (χ2n) is 8.12. The molecule has 6 rings (SSSR count). The maximum absolute atomic E-state index is 2.51. The molecule has 29 heavy (non-hydrogen) atoms. The molecule has 0 nitrogen and oxygen atoms in total. The predicted molar refractivity (Wildman–Crippen MR) is 129 cm³/mol. The molecule has 0 saturated carbocycles. The summed E-state index contributed by atoms with van der Waals surface area (Å²) < 4.78 is 0. The van der Waals surface area contributed by atoms with Crippen LogP contribution in [0.25, 0.3) is 18.2 Å². The number of rotatable bonds is 3. The Balaban J connectivity index is 0.00000181. The molecule has 0 saturated heterocycles. The van der Waals surface area contributed by atoms with Crippen molar-refractivity contribution in [1.29, 1.82) is 0 Å². The minimum absolute atomic E-state index is 0. The van der Waals surface area contributed by atoms with E-state index in [2.05, 4.69) is 109 Å². The Morgan fingerprint density at radius 2 is 0.759 bits per heavy atom. The summed E-state index contributed by atoms with van der Waals surface area (Å²) in [5, 5.41) is 0. The van der Waals surface area contributed by atoms with E-state index in [1.165, 1.54) is 33.4 Å². The van der Waals surface area contributed by atoms with E-state index in [0.717, 1.165) is 0 Å². The molecule has 0 heterocycles. The van der Waals surface area contributed by atoms with E-state index < -0.39 is 8.80 Å². The third kappa shape index (κ3) is 2.97. The third-order valence-corrected chi connectivity index (χ3v) is 11.0. The fraction of sp³-hybridized carbons (Fsp3) is 0.111. The molecule has 3 aliphatic rings. The van der Waals surface area contributed by atoms with Gasteiger partial charge in [-0.1, -0.05) is 109 Å². The van der Waals surface area contributed by atoms with Gasteiger partial charge in [-0.25, -0.2) is 0 Å². The van der Waals surface area contributed by atoms with Crippen LogP contribution in [-0.4, -0.2) is 27.7 Å². The molecule has 3 aliphatic carbocycles. The summed E-state index contributed by atoms with van der Waals surface area (Å²) in [7, 11) is -1.36. The zero-order chi connectivity index (χ0) is 18.5. The normalized spacial score (nSPS) is 23.4. The van der Waals surface area contributed by atoms with E-state index in [1.807, 2.05) is 0 Å². The molecular formula is C27H23LiSi. The zero-order valence-electron chi connectivity index (χ0n) is 15.7. The Morgan fingerprint density at radius 1 is 0.448 bits per heavy atom. The second kappa shape index (κ2) is 7.50. The van der Waals surface area contributed by atoms with Gasteiger partial charge in [-0.05, 0) is 50.0 Å². The quantitative estimate of drug-likeness (QED) is 0.516. The number of hydrogen-bond acceptors (Lipinski definition) is 0. The zero-order valence-corrected chi connectivity index (χ0v) is 16.9. The molecule has 0 radical (unpaired) electrons. The Labute approximate surface area is 186 Å². The van der Waals surface area contributed by atoms with Crippen molar-refractivity contribution in [2.24, 2.45) is 0 Å². The average molecular weight is 383 g/mol. The first-order valence-electron chi connectivity index (χ1n) is 10.2. The van der Waals surface area contributed by atoms with Crippen molar-refractivity contribution in [3.63, 3.8) is 0 Å². The van der Waals surface area contributed by atoms with Gasteiger partial charge in [0.05, 0.1) is 8.80 Å². The topological polar surface area (TPSA) is 0 Å². The van der Waals surface area contributed by atoms with E-state index in [1.54, 1.807) is 0 Å². The monoisotopic (exact) mass is 382 g/mol. The molecule has 0 bridgehead atoms. The van der Waals surface area contributed by atoms with Crippen molar-refractivity contribution >= 4 is 45.9 Å². The van der Waals surface area contributed by atoms with E-state index in [-0.39, 0.29) is 18.9 Å². The van der Waals surface area contributed by atoms with Crippen molar-refractivity contribution in [2.45, 2.75) is 16.6 Å². The van der Waals surface area contributed by atoms with Crippen LogP contribution in [0.3, 0.4) is 0 Å². The molecule has 0 spiro atoms. The Bertz CT molecular complexity index is 1010. The molecule has 0 N–H and O–H groups in total. The maximum atomic E-state index is 2.51. The van der Waals surface area contributed by atoms with Gasteiger partial charge in [0, 0.05) is 0 Å². The van der Waals surface area contributed by atoms with Crippen LogP contribution in [0.1, 0.15) is 50.0 Å². The van der Waals surface area contributed by atoms with Crippen molar-refractivity contribution in [2.75, 3.05) is 0 Å². The van der Waals surface area contributed by atoms with Crippen LogP contribution >= 0.6 is 0 Å². The second-order valence-corrected chi connectivity index (χ2v) is 11.4. The van der Waals surface area contributed by atoms with Crippen LogP contribution in [0.2, 0.25) is 0 Å². The number of hydrogen-bond donors (Lipinski definition) is 0. The van der Waals surface area contributed by atoms with Crippen LogP contribution in [0.15, 0.2) is 91.0 Å².